The summed E-state index contributed by atoms with van der Waals surface area (Å²) in [6, 6.07) is 2.65. The molecule has 4 nitrogen and oxygen atoms in total. The lowest BCUT2D eigenvalue weighted by molar-refractivity contribution is -0.116. The Hall–Kier alpha value is -0.870. The van der Waals surface area contributed by atoms with Crippen LogP contribution in [0.2, 0.25) is 0 Å². The van der Waals surface area contributed by atoms with Gasteiger partial charge in [-0.15, -0.1) is 0 Å². The molecule has 0 amide bonds. The number of aliphatic hydroxyl groups is 1. The van der Waals surface area contributed by atoms with Crippen LogP contribution in [0.15, 0.2) is 12.3 Å². The molecule has 0 bridgehead atoms. The third-order valence-electron chi connectivity index (χ3n) is 5.10. The Morgan fingerprint density at radius 2 is 2.19 bits per heavy atom. The summed E-state index contributed by atoms with van der Waals surface area (Å²) < 4.78 is 7.89. The smallest absolute Gasteiger partial charge is 0.0750 e. The maximum Gasteiger partial charge on any atom is 0.0750 e. The van der Waals surface area contributed by atoms with Crippen molar-refractivity contribution in [2.45, 2.75) is 76.5 Å². The molecule has 0 spiro atoms. The van der Waals surface area contributed by atoms with Crippen molar-refractivity contribution in [3.63, 3.8) is 0 Å². The van der Waals surface area contributed by atoms with Crippen molar-refractivity contribution < 1.29 is 9.84 Å². The van der Waals surface area contributed by atoms with Crippen LogP contribution in [0.5, 0.6) is 0 Å². The van der Waals surface area contributed by atoms with Gasteiger partial charge in [0.25, 0.3) is 0 Å². The standard InChI is InChI=1S/C17H28N2O2/c1-13(2)16-12-17(20,8-10-21-16)11-14-7-9-19(18-14)15-5-3-4-6-15/h7,9,13,15-16,20H,3-6,8,10-12H2,1-2H3. The molecule has 4 heteroatoms. The van der Waals surface area contributed by atoms with Crippen molar-refractivity contribution in [1.29, 1.82) is 0 Å². The van der Waals surface area contributed by atoms with Crippen LogP contribution in [-0.4, -0.2) is 33.2 Å². The zero-order chi connectivity index (χ0) is 14.9. The number of hydrogen-bond acceptors (Lipinski definition) is 3. The summed E-state index contributed by atoms with van der Waals surface area (Å²) >= 11 is 0. The van der Waals surface area contributed by atoms with Crippen molar-refractivity contribution in [3.8, 4) is 0 Å². The average molecular weight is 292 g/mol. The van der Waals surface area contributed by atoms with Gasteiger partial charge in [0.1, 0.15) is 0 Å². The molecule has 1 saturated heterocycles. The minimum Gasteiger partial charge on any atom is -0.389 e. The van der Waals surface area contributed by atoms with Crippen LogP contribution in [0, 0.1) is 5.92 Å². The molecule has 2 aliphatic rings. The van der Waals surface area contributed by atoms with Crippen molar-refractivity contribution in [1.82, 2.24) is 9.78 Å². The second-order valence-corrected chi connectivity index (χ2v) is 7.23. The Bertz CT molecular complexity index is 465. The van der Waals surface area contributed by atoms with E-state index in [4.69, 9.17) is 9.84 Å². The molecular weight excluding hydrogens is 264 g/mol. The molecule has 2 heterocycles. The number of aromatic nitrogens is 2. The fourth-order valence-corrected chi connectivity index (χ4v) is 3.71. The molecule has 0 aromatic carbocycles. The van der Waals surface area contributed by atoms with E-state index >= 15 is 0 Å². The predicted octanol–water partition coefficient (Wildman–Crippen LogP) is 3.11. The van der Waals surface area contributed by atoms with Crippen molar-refractivity contribution >= 4 is 0 Å². The van der Waals surface area contributed by atoms with E-state index in [1.54, 1.807) is 0 Å². The first-order valence-corrected chi connectivity index (χ1v) is 8.44. The molecule has 1 aromatic rings. The lowest BCUT2D eigenvalue weighted by Crippen LogP contribution is -2.44. The summed E-state index contributed by atoms with van der Waals surface area (Å²) in [5, 5.41) is 15.6. The highest BCUT2D eigenvalue weighted by Gasteiger charge is 2.37. The highest BCUT2D eigenvalue weighted by molar-refractivity contribution is 5.06. The van der Waals surface area contributed by atoms with Crippen LogP contribution in [0.3, 0.4) is 0 Å². The van der Waals surface area contributed by atoms with Gasteiger partial charge in [0.15, 0.2) is 0 Å². The van der Waals surface area contributed by atoms with Crippen LogP contribution in [0.4, 0.5) is 0 Å². The van der Waals surface area contributed by atoms with Gasteiger partial charge in [0, 0.05) is 25.6 Å². The molecule has 3 rings (SSSR count). The van der Waals surface area contributed by atoms with Crippen molar-refractivity contribution in [3.05, 3.63) is 18.0 Å². The molecule has 0 radical (unpaired) electrons. The Morgan fingerprint density at radius 1 is 1.43 bits per heavy atom. The van der Waals surface area contributed by atoms with E-state index in [1.165, 1.54) is 25.7 Å². The van der Waals surface area contributed by atoms with E-state index in [9.17, 15) is 5.11 Å². The quantitative estimate of drug-likeness (QED) is 0.927. The number of ether oxygens (including phenoxy) is 1. The maximum atomic E-state index is 10.9. The monoisotopic (exact) mass is 292 g/mol. The Labute approximate surface area is 127 Å². The fraction of sp³-hybridized carbons (Fsp3) is 0.824. The minimum atomic E-state index is -0.651. The first-order valence-electron chi connectivity index (χ1n) is 8.44. The van der Waals surface area contributed by atoms with E-state index in [0.29, 0.717) is 31.4 Å². The van der Waals surface area contributed by atoms with Gasteiger partial charge in [-0.3, -0.25) is 4.68 Å². The highest BCUT2D eigenvalue weighted by Crippen LogP contribution is 2.32. The molecule has 2 unspecified atom stereocenters. The van der Waals surface area contributed by atoms with Gasteiger partial charge in [-0.2, -0.15) is 5.10 Å². The summed E-state index contributed by atoms with van der Waals surface area (Å²) in [6.07, 6.45) is 9.47. The van der Waals surface area contributed by atoms with E-state index in [1.807, 2.05) is 0 Å². The molecular formula is C17H28N2O2. The Balaban J connectivity index is 1.64. The first-order chi connectivity index (χ1) is 10.1. The SMILES string of the molecule is CC(C)C1CC(O)(Cc2ccn(C3CCCC3)n2)CCO1. The fourth-order valence-electron chi connectivity index (χ4n) is 3.71. The van der Waals surface area contributed by atoms with Gasteiger partial charge in [0.2, 0.25) is 0 Å². The Morgan fingerprint density at radius 3 is 2.90 bits per heavy atom. The highest BCUT2D eigenvalue weighted by atomic mass is 16.5. The minimum absolute atomic E-state index is 0.167. The van der Waals surface area contributed by atoms with Crippen LogP contribution in [-0.2, 0) is 11.2 Å². The summed E-state index contributed by atoms with van der Waals surface area (Å²) in [4.78, 5) is 0. The molecule has 1 aliphatic carbocycles. The number of hydrogen-bond donors (Lipinski definition) is 1. The Kier molecular flexibility index (Phi) is 4.36. The van der Waals surface area contributed by atoms with Crippen LogP contribution in [0.25, 0.3) is 0 Å². The average Bonchev–Trinajstić information content (AvgIpc) is 3.08. The van der Waals surface area contributed by atoms with Crippen LogP contribution >= 0.6 is 0 Å². The molecule has 2 fully saturated rings. The summed E-state index contributed by atoms with van der Waals surface area (Å²) in [5.74, 6) is 0.452. The molecule has 1 aliphatic heterocycles. The molecule has 1 saturated carbocycles. The van der Waals surface area contributed by atoms with E-state index in [0.717, 1.165) is 12.1 Å². The molecule has 1 N–H and O–H groups in total. The lowest BCUT2D eigenvalue weighted by atomic mass is 9.83. The topological polar surface area (TPSA) is 47.3 Å². The van der Waals surface area contributed by atoms with Gasteiger partial charge in [-0.25, -0.2) is 0 Å². The molecule has 1 aromatic heterocycles. The zero-order valence-corrected chi connectivity index (χ0v) is 13.3. The summed E-state index contributed by atoms with van der Waals surface area (Å²) in [6.45, 7) is 4.97. The maximum absolute atomic E-state index is 10.9. The second kappa shape index (κ2) is 6.09. The first kappa shape index (κ1) is 15.0. The van der Waals surface area contributed by atoms with Gasteiger partial charge in [-0.1, -0.05) is 26.7 Å². The molecule has 2 atom stereocenters. The van der Waals surface area contributed by atoms with Crippen LogP contribution in [0.1, 0.15) is 64.1 Å². The largest absolute Gasteiger partial charge is 0.389 e. The van der Waals surface area contributed by atoms with Gasteiger partial charge < -0.3 is 9.84 Å². The number of nitrogens with zero attached hydrogens (tertiary/aromatic N) is 2. The summed E-state index contributed by atoms with van der Waals surface area (Å²) in [5.41, 5.74) is 0.371. The zero-order valence-electron chi connectivity index (χ0n) is 13.3. The van der Waals surface area contributed by atoms with Crippen molar-refractivity contribution in [2.24, 2.45) is 5.92 Å². The van der Waals surface area contributed by atoms with Crippen LogP contribution < -0.4 is 0 Å². The normalized spacial score (nSPS) is 31.1. The van der Waals surface area contributed by atoms with Gasteiger partial charge in [-0.05, 0) is 31.2 Å². The summed E-state index contributed by atoms with van der Waals surface area (Å²) in [7, 11) is 0. The third-order valence-corrected chi connectivity index (χ3v) is 5.10. The van der Waals surface area contributed by atoms with Crippen molar-refractivity contribution in [2.75, 3.05) is 6.61 Å². The predicted molar refractivity (Wildman–Crippen MR) is 82.2 cm³/mol. The van der Waals surface area contributed by atoms with E-state index in [-0.39, 0.29) is 6.10 Å². The van der Waals surface area contributed by atoms with Gasteiger partial charge in [0.05, 0.1) is 23.4 Å². The molecule has 118 valence electrons. The van der Waals surface area contributed by atoms with Gasteiger partial charge >= 0.3 is 0 Å². The molecule has 21 heavy (non-hydrogen) atoms. The van der Waals surface area contributed by atoms with E-state index in [2.05, 4.69) is 30.8 Å². The second-order valence-electron chi connectivity index (χ2n) is 7.23. The lowest BCUT2D eigenvalue weighted by Gasteiger charge is -2.38. The van der Waals surface area contributed by atoms with E-state index < -0.39 is 5.60 Å². The third kappa shape index (κ3) is 3.49. The number of rotatable bonds is 4.